The van der Waals surface area contributed by atoms with Gasteiger partial charge in [-0.15, -0.1) is 0 Å². The maximum absolute atomic E-state index is 11.0. The molecule has 1 aromatic carbocycles. The molecule has 0 aliphatic heterocycles. The van der Waals surface area contributed by atoms with Crippen LogP contribution >= 0.6 is 0 Å². The van der Waals surface area contributed by atoms with E-state index in [1.165, 1.54) is 25.7 Å². The Labute approximate surface area is 167 Å². The standard InChI is InChI=1S/C18H24O4.Ca/c1-2-3-4-5-6-7-9-14-10-8-11-15(12-14)16(18(21)22)13-17(19)20;/h8,10-13H,2-7,9H2,1H3,(H,19,20)(H,21,22);/q;+2/p-2/b16-13-;. The molecule has 5 heteroatoms. The van der Waals surface area contributed by atoms with Gasteiger partial charge in [-0.3, -0.25) is 0 Å². The average molecular weight is 342 g/mol. The first kappa shape index (κ1) is 22.2. The van der Waals surface area contributed by atoms with Crippen molar-refractivity contribution in [2.75, 3.05) is 0 Å². The average Bonchev–Trinajstić information content (AvgIpc) is 2.48. The molecule has 0 bridgehead atoms. The van der Waals surface area contributed by atoms with Crippen LogP contribution in [0.2, 0.25) is 0 Å². The number of aryl methyl sites for hydroxylation is 1. The van der Waals surface area contributed by atoms with E-state index in [9.17, 15) is 19.8 Å². The van der Waals surface area contributed by atoms with E-state index in [0.29, 0.717) is 11.6 Å². The minimum atomic E-state index is -1.54. The Hall–Kier alpha value is -0.840. The van der Waals surface area contributed by atoms with Crippen LogP contribution in [-0.2, 0) is 16.0 Å². The van der Waals surface area contributed by atoms with Gasteiger partial charge in [0, 0.05) is 5.57 Å². The molecule has 0 aliphatic rings. The van der Waals surface area contributed by atoms with Gasteiger partial charge >= 0.3 is 37.7 Å². The van der Waals surface area contributed by atoms with Crippen molar-refractivity contribution in [1.29, 1.82) is 0 Å². The van der Waals surface area contributed by atoms with Gasteiger partial charge in [-0.25, -0.2) is 0 Å². The second kappa shape index (κ2) is 12.6. The molecular weight excluding hydrogens is 320 g/mol. The fraction of sp³-hybridized carbons (Fsp3) is 0.444. The zero-order valence-electron chi connectivity index (χ0n) is 13.7. The number of carboxylic acid groups (broad SMARTS) is 2. The summed E-state index contributed by atoms with van der Waals surface area (Å²) < 4.78 is 0. The molecule has 0 saturated heterocycles. The number of carboxylic acids is 2. The molecule has 120 valence electrons. The molecule has 4 nitrogen and oxygen atoms in total. The summed E-state index contributed by atoms with van der Waals surface area (Å²) in [6, 6.07) is 6.92. The molecule has 0 aliphatic carbocycles. The summed E-state index contributed by atoms with van der Waals surface area (Å²) in [5.41, 5.74) is 0.982. The minimum Gasteiger partial charge on any atom is -0.545 e. The molecule has 0 N–H and O–H groups in total. The number of unbranched alkanes of at least 4 members (excludes halogenated alkanes) is 5. The van der Waals surface area contributed by atoms with Crippen molar-refractivity contribution in [2.45, 2.75) is 51.9 Å². The number of rotatable bonds is 10. The Bertz CT molecular complexity index is 538. The van der Waals surface area contributed by atoms with Crippen LogP contribution in [0.5, 0.6) is 0 Å². The van der Waals surface area contributed by atoms with Crippen molar-refractivity contribution in [3.63, 3.8) is 0 Å². The predicted octanol–water partition coefficient (Wildman–Crippen LogP) is 1.09. The Balaban J connectivity index is 0.00000484. The van der Waals surface area contributed by atoms with E-state index in [0.717, 1.165) is 24.8 Å². The molecule has 0 radical (unpaired) electrons. The zero-order chi connectivity index (χ0) is 16.4. The largest absolute Gasteiger partial charge is 2.00 e. The maximum atomic E-state index is 11.0. The van der Waals surface area contributed by atoms with Crippen molar-refractivity contribution in [2.24, 2.45) is 0 Å². The number of hydrogen-bond donors (Lipinski definition) is 0. The molecule has 0 atom stereocenters. The van der Waals surface area contributed by atoms with Crippen LogP contribution in [-0.4, -0.2) is 49.7 Å². The molecule has 1 aromatic rings. The first-order valence-corrected chi connectivity index (χ1v) is 7.78. The van der Waals surface area contributed by atoms with E-state index in [1.807, 2.05) is 6.07 Å². The third-order valence-corrected chi connectivity index (χ3v) is 3.54. The summed E-state index contributed by atoms with van der Waals surface area (Å²) in [6.07, 6.45) is 8.55. The molecule has 0 aromatic heterocycles. The summed E-state index contributed by atoms with van der Waals surface area (Å²) in [5, 5.41) is 21.6. The van der Waals surface area contributed by atoms with Crippen molar-refractivity contribution in [3.05, 3.63) is 41.5 Å². The van der Waals surface area contributed by atoms with Crippen molar-refractivity contribution in [1.82, 2.24) is 0 Å². The smallest absolute Gasteiger partial charge is 0.545 e. The van der Waals surface area contributed by atoms with Crippen LogP contribution in [0, 0.1) is 0 Å². The van der Waals surface area contributed by atoms with Crippen LogP contribution in [0.4, 0.5) is 0 Å². The van der Waals surface area contributed by atoms with Gasteiger partial charge < -0.3 is 19.8 Å². The van der Waals surface area contributed by atoms with Gasteiger partial charge in [0.05, 0.1) is 11.9 Å². The van der Waals surface area contributed by atoms with Gasteiger partial charge in [0.25, 0.3) is 0 Å². The van der Waals surface area contributed by atoms with Gasteiger partial charge in [0.1, 0.15) is 0 Å². The summed E-state index contributed by atoms with van der Waals surface area (Å²) >= 11 is 0. The number of carbonyl (C=O) groups is 2. The number of carbonyl (C=O) groups excluding carboxylic acids is 2. The Morgan fingerprint density at radius 2 is 1.70 bits per heavy atom. The van der Waals surface area contributed by atoms with E-state index >= 15 is 0 Å². The summed E-state index contributed by atoms with van der Waals surface area (Å²) in [6.45, 7) is 2.18. The summed E-state index contributed by atoms with van der Waals surface area (Å²) in [7, 11) is 0. The van der Waals surface area contributed by atoms with Crippen LogP contribution in [0.3, 0.4) is 0 Å². The predicted molar refractivity (Wildman–Crippen MR) is 87.3 cm³/mol. The van der Waals surface area contributed by atoms with Gasteiger partial charge in [-0.05, 0) is 30.0 Å². The molecule has 1 rings (SSSR count). The second-order valence-electron chi connectivity index (χ2n) is 5.38. The van der Waals surface area contributed by atoms with Crippen LogP contribution < -0.4 is 10.2 Å². The Morgan fingerprint density at radius 1 is 1.04 bits per heavy atom. The van der Waals surface area contributed by atoms with Crippen LogP contribution in [0.25, 0.3) is 5.57 Å². The monoisotopic (exact) mass is 342 g/mol. The van der Waals surface area contributed by atoms with Gasteiger partial charge in [0.15, 0.2) is 0 Å². The number of aliphatic carboxylic acids is 2. The molecule has 0 saturated carbocycles. The van der Waals surface area contributed by atoms with Crippen LogP contribution in [0.1, 0.15) is 56.6 Å². The topological polar surface area (TPSA) is 80.3 Å². The molecule has 23 heavy (non-hydrogen) atoms. The SMILES string of the molecule is CCCCCCCCc1cccc(/C(=C/C(=O)[O-])C(=O)[O-])c1.[Ca+2]. The molecule has 0 fully saturated rings. The second-order valence-corrected chi connectivity index (χ2v) is 5.38. The van der Waals surface area contributed by atoms with Crippen molar-refractivity contribution >= 4 is 55.2 Å². The summed E-state index contributed by atoms with van der Waals surface area (Å²) in [5.74, 6) is -3.05. The first-order valence-electron chi connectivity index (χ1n) is 7.78. The fourth-order valence-corrected chi connectivity index (χ4v) is 2.38. The minimum absolute atomic E-state index is 0. The fourth-order valence-electron chi connectivity index (χ4n) is 2.38. The van der Waals surface area contributed by atoms with E-state index in [4.69, 9.17) is 0 Å². The number of hydrogen-bond acceptors (Lipinski definition) is 4. The summed E-state index contributed by atoms with van der Waals surface area (Å²) in [4.78, 5) is 21.6. The van der Waals surface area contributed by atoms with Crippen molar-refractivity contribution < 1.29 is 19.8 Å². The van der Waals surface area contributed by atoms with E-state index in [-0.39, 0.29) is 43.3 Å². The van der Waals surface area contributed by atoms with Gasteiger partial charge in [0.2, 0.25) is 0 Å². The van der Waals surface area contributed by atoms with E-state index < -0.39 is 11.9 Å². The normalized spacial score (nSPS) is 10.9. The van der Waals surface area contributed by atoms with E-state index in [2.05, 4.69) is 6.92 Å². The maximum Gasteiger partial charge on any atom is 2.00 e. The molecule has 0 amide bonds. The zero-order valence-corrected chi connectivity index (χ0v) is 15.9. The van der Waals surface area contributed by atoms with Gasteiger partial charge in [-0.1, -0.05) is 63.3 Å². The Morgan fingerprint density at radius 3 is 2.30 bits per heavy atom. The van der Waals surface area contributed by atoms with Crippen molar-refractivity contribution in [3.8, 4) is 0 Å². The molecule has 0 spiro atoms. The number of benzene rings is 1. The first-order chi connectivity index (χ1) is 10.5. The van der Waals surface area contributed by atoms with Crippen LogP contribution in [0.15, 0.2) is 30.3 Å². The quantitative estimate of drug-likeness (QED) is 0.362. The van der Waals surface area contributed by atoms with Gasteiger partial charge in [-0.2, -0.15) is 0 Å². The molecular formula is C18H22CaO4. The molecule has 0 unspecified atom stereocenters. The third kappa shape index (κ3) is 9.14. The Kier molecular flexibility index (Phi) is 12.1. The third-order valence-electron chi connectivity index (χ3n) is 3.54. The molecule has 0 heterocycles. The van der Waals surface area contributed by atoms with E-state index in [1.54, 1.807) is 18.2 Å².